The van der Waals surface area contributed by atoms with Gasteiger partial charge in [-0.15, -0.1) is 0 Å². The van der Waals surface area contributed by atoms with Crippen LogP contribution in [0, 0.1) is 5.92 Å². The summed E-state index contributed by atoms with van der Waals surface area (Å²) in [6.45, 7) is 6.59. The molecule has 0 radical (unpaired) electrons. The van der Waals surface area contributed by atoms with Gasteiger partial charge >= 0.3 is 0 Å². The summed E-state index contributed by atoms with van der Waals surface area (Å²) in [5.74, 6) is 1.36. The lowest BCUT2D eigenvalue weighted by Gasteiger charge is -2.18. The van der Waals surface area contributed by atoms with Gasteiger partial charge < -0.3 is 15.5 Å². The molecule has 4 rings (SSSR count). The molecule has 2 aromatic rings. The largest absolute Gasteiger partial charge is 0.356 e. The van der Waals surface area contributed by atoms with Crippen LogP contribution < -0.4 is 10.6 Å². The molecule has 6 nitrogen and oxygen atoms in total. The monoisotopic (exact) mass is 447 g/mol. The Kier molecular flexibility index (Phi) is 8.36. The summed E-state index contributed by atoms with van der Waals surface area (Å²) in [5, 5.41) is 6.81. The molecule has 0 saturated carbocycles. The number of carbonyl (C=O) groups excluding carboxylic acids is 1. The highest BCUT2D eigenvalue weighted by Gasteiger charge is 2.29. The molecule has 33 heavy (non-hydrogen) atoms. The van der Waals surface area contributed by atoms with Crippen LogP contribution in [0.2, 0.25) is 0 Å². The average Bonchev–Trinajstić information content (AvgIpc) is 3.49. The van der Waals surface area contributed by atoms with Gasteiger partial charge in [0, 0.05) is 52.1 Å². The highest BCUT2D eigenvalue weighted by Crippen LogP contribution is 2.18. The number of likely N-dealkylation sites (tertiary alicyclic amines) is 2. The van der Waals surface area contributed by atoms with Gasteiger partial charge in [0.15, 0.2) is 5.96 Å². The lowest BCUT2D eigenvalue weighted by molar-refractivity contribution is -0.127. The third kappa shape index (κ3) is 7.06. The molecule has 2 saturated heterocycles. The molecule has 2 fully saturated rings. The van der Waals surface area contributed by atoms with E-state index in [1.807, 2.05) is 11.0 Å². The number of benzene rings is 2. The van der Waals surface area contributed by atoms with Crippen LogP contribution in [0.4, 0.5) is 0 Å². The minimum Gasteiger partial charge on any atom is -0.356 e. The minimum atomic E-state index is 0.259. The van der Waals surface area contributed by atoms with Crippen LogP contribution >= 0.6 is 0 Å². The lowest BCUT2D eigenvalue weighted by atomic mass is 10.1. The quantitative estimate of drug-likeness (QED) is 0.458. The van der Waals surface area contributed by atoms with Gasteiger partial charge in [-0.3, -0.25) is 14.7 Å². The zero-order valence-electron chi connectivity index (χ0n) is 19.8. The van der Waals surface area contributed by atoms with Crippen molar-refractivity contribution in [1.29, 1.82) is 0 Å². The predicted molar refractivity (Wildman–Crippen MR) is 134 cm³/mol. The number of guanidine groups is 1. The van der Waals surface area contributed by atoms with Crippen LogP contribution in [0.3, 0.4) is 0 Å². The first-order chi connectivity index (χ1) is 16.2. The number of hydrogen-bond acceptors (Lipinski definition) is 3. The molecule has 1 unspecified atom stereocenters. The summed E-state index contributed by atoms with van der Waals surface area (Å²) in [4.78, 5) is 21.3. The van der Waals surface area contributed by atoms with E-state index in [0.717, 1.165) is 45.1 Å². The van der Waals surface area contributed by atoms with E-state index in [4.69, 9.17) is 0 Å². The fraction of sp³-hybridized carbons (Fsp3) is 0.481. The van der Waals surface area contributed by atoms with Crippen molar-refractivity contribution in [3.63, 3.8) is 0 Å². The van der Waals surface area contributed by atoms with E-state index in [9.17, 15) is 4.79 Å². The van der Waals surface area contributed by atoms with Gasteiger partial charge in [0.2, 0.25) is 5.91 Å². The van der Waals surface area contributed by atoms with Gasteiger partial charge in [-0.2, -0.15) is 0 Å². The van der Waals surface area contributed by atoms with Gasteiger partial charge in [0.1, 0.15) is 0 Å². The van der Waals surface area contributed by atoms with Crippen molar-refractivity contribution in [3.05, 3.63) is 71.3 Å². The summed E-state index contributed by atoms with van der Waals surface area (Å²) >= 11 is 0. The molecule has 176 valence electrons. The van der Waals surface area contributed by atoms with Crippen LogP contribution in [-0.4, -0.2) is 61.4 Å². The second-order valence-electron chi connectivity index (χ2n) is 9.25. The van der Waals surface area contributed by atoms with Crippen LogP contribution in [0.5, 0.6) is 0 Å². The summed E-state index contributed by atoms with van der Waals surface area (Å²) in [6, 6.07) is 19.2. The Hall–Kier alpha value is -2.86. The zero-order valence-corrected chi connectivity index (χ0v) is 19.8. The lowest BCUT2D eigenvalue weighted by Crippen LogP contribution is -2.40. The first kappa shape index (κ1) is 23.3. The Labute approximate surface area is 198 Å². The van der Waals surface area contributed by atoms with Crippen LogP contribution in [0.15, 0.2) is 59.6 Å². The van der Waals surface area contributed by atoms with E-state index < -0.39 is 0 Å². The van der Waals surface area contributed by atoms with Crippen molar-refractivity contribution in [2.24, 2.45) is 10.9 Å². The van der Waals surface area contributed by atoms with Gasteiger partial charge in [0.25, 0.3) is 0 Å². The summed E-state index contributed by atoms with van der Waals surface area (Å²) in [7, 11) is 1.79. The molecular formula is C27H37N5O. The standard InChI is InChI=1S/C27H37N5O/c1-28-27(29-18-23-9-11-24(12-10-23)20-31-14-5-6-15-31)30-19-25-17-26(33)32(21-25)16-13-22-7-3-2-4-8-22/h2-4,7-12,25H,5-6,13-21H2,1H3,(H2,28,29,30). The van der Waals surface area contributed by atoms with Gasteiger partial charge in [-0.1, -0.05) is 54.6 Å². The molecule has 2 aliphatic heterocycles. The first-order valence-electron chi connectivity index (χ1n) is 12.3. The van der Waals surface area contributed by atoms with Crippen molar-refractivity contribution < 1.29 is 4.79 Å². The number of carbonyl (C=O) groups is 1. The molecule has 2 aromatic carbocycles. The molecule has 2 heterocycles. The molecule has 0 aromatic heterocycles. The highest BCUT2D eigenvalue weighted by molar-refractivity contribution is 5.80. The van der Waals surface area contributed by atoms with E-state index in [-0.39, 0.29) is 5.91 Å². The predicted octanol–water partition coefficient (Wildman–Crippen LogP) is 3.04. The maximum atomic E-state index is 12.4. The minimum absolute atomic E-state index is 0.259. The number of hydrogen-bond donors (Lipinski definition) is 2. The van der Waals surface area contributed by atoms with Crippen molar-refractivity contribution in [2.75, 3.05) is 39.8 Å². The number of aliphatic imine (C=N–C) groups is 1. The third-order valence-corrected chi connectivity index (χ3v) is 6.68. The Morgan fingerprint density at radius 2 is 1.70 bits per heavy atom. The Morgan fingerprint density at radius 3 is 2.42 bits per heavy atom. The van der Waals surface area contributed by atoms with Crippen molar-refractivity contribution >= 4 is 11.9 Å². The smallest absolute Gasteiger partial charge is 0.223 e. The second kappa shape index (κ2) is 11.8. The first-order valence-corrected chi connectivity index (χ1v) is 12.3. The van der Waals surface area contributed by atoms with Crippen LogP contribution in [0.25, 0.3) is 0 Å². The molecule has 0 bridgehead atoms. The SMILES string of the molecule is CN=C(NCc1ccc(CN2CCCC2)cc1)NCC1CC(=O)N(CCc2ccccc2)C1. The van der Waals surface area contributed by atoms with Crippen molar-refractivity contribution in [1.82, 2.24) is 20.4 Å². The van der Waals surface area contributed by atoms with E-state index in [1.54, 1.807) is 7.05 Å². The molecule has 6 heteroatoms. The summed E-state index contributed by atoms with van der Waals surface area (Å²) in [5.41, 5.74) is 3.90. The van der Waals surface area contributed by atoms with Crippen LogP contribution in [0.1, 0.15) is 36.0 Å². The van der Waals surface area contributed by atoms with Crippen LogP contribution in [-0.2, 0) is 24.3 Å². The zero-order chi connectivity index (χ0) is 22.9. The fourth-order valence-corrected chi connectivity index (χ4v) is 4.72. The van der Waals surface area contributed by atoms with Gasteiger partial charge in [-0.05, 0) is 49.0 Å². The maximum Gasteiger partial charge on any atom is 0.223 e. The molecule has 0 aliphatic carbocycles. The molecular weight excluding hydrogens is 410 g/mol. The third-order valence-electron chi connectivity index (χ3n) is 6.68. The molecule has 0 spiro atoms. The molecule has 1 atom stereocenters. The maximum absolute atomic E-state index is 12.4. The normalized spacial score (nSPS) is 19.3. The Morgan fingerprint density at radius 1 is 0.970 bits per heavy atom. The Balaban J connectivity index is 1.17. The van der Waals surface area contributed by atoms with E-state index in [1.165, 1.54) is 42.6 Å². The van der Waals surface area contributed by atoms with E-state index in [2.05, 4.69) is 69.1 Å². The Bertz CT molecular complexity index is 906. The number of nitrogens with zero attached hydrogens (tertiary/aromatic N) is 3. The highest BCUT2D eigenvalue weighted by atomic mass is 16.2. The topological polar surface area (TPSA) is 60.0 Å². The number of amides is 1. The fourth-order valence-electron chi connectivity index (χ4n) is 4.72. The van der Waals surface area contributed by atoms with Gasteiger partial charge in [0.05, 0.1) is 0 Å². The second-order valence-corrected chi connectivity index (χ2v) is 9.25. The number of rotatable bonds is 9. The number of nitrogens with one attached hydrogen (secondary N) is 2. The van der Waals surface area contributed by atoms with E-state index >= 15 is 0 Å². The van der Waals surface area contributed by atoms with E-state index in [0.29, 0.717) is 12.3 Å². The van der Waals surface area contributed by atoms with Gasteiger partial charge in [-0.25, -0.2) is 0 Å². The average molecular weight is 448 g/mol. The molecule has 1 amide bonds. The summed E-state index contributed by atoms with van der Waals surface area (Å²) in [6.07, 6.45) is 4.17. The van der Waals surface area contributed by atoms with Crippen molar-refractivity contribution in [2.45, 2.75) is 38.8 Å². The molecule has 2 N–H and O–H groups in total. The van der Waals surface area contributed by atoms with Crippen molar-refractivity contribution in [3.8, 4) is 0 Å². The molecule has 2 aliphatic rings. The summed E-state index contributed by atoms with van der Waals surface area (Å²) < 4.78 is 0.